The molecule has 0 saturated carbocycles. The van der Waals surface area contributed by atoms with Gasteiger partial charge in [-0.25, -0.2) is 4.98 Å². The SMILES string of the molecule is COc1cc(OC)cc(N(C)c2ccc3ncc(-c4cnn(C)c4)c(=O)n3c2)c1. The second-order valence-corrected chi connectivity index (χ2v) is 6.63. The number of anilines is 2. The molecule has 4 aromatic rings. The van der Waals surface area contributed by atoms with Gasteiger partial charge in [0.15, 0.2) is 0 Å². The summed E-state index contributed by atoms with van der Waals surface area (Å²) in [6.07, 6.45) is 6.81. The molecule has 0 radical (unpaired) electrons. The van der Waals surface area contributed by atoms with Gasteiger partial charge >= 0.3 is 0 Å². The molecule has 0 aliphatic rings. The highest BCUT2D eigenvalue weighted by atomic mass is 16.5. The minimum absolute atomic E-state index is 0.151. The zero-order valence-corrected chi connectivity index (χ0v) is 16.7. The first-order valence-electron chi connectivity index (χ1n) is 8.97. The fraction of sp³-hybridized carbons (Fsp3) is 0.190. The van der Waals surface area contributed by atoms with Gasteiger partial charge in [0.1, 0.15) is 17.1 Å². The summed E-state index contributed by atoms with van der Waals surface area (Å²) in [7, 11) is 6.95. The molecule has 0 aliphatic carbocycles. The van der Waals surface area contributed by atoms with E-state index >= 15 is 0 Å². The number of pyridine rings is 1. The Morgan fingerprint density at radius 3 is 2.31 bits per heavy atom. The van der Waals surface area contributed by atoms with Gasteiger partial charge in [-0.1, -0.05) is 0 Å². The molecule has 0 saturated heterocycles. The average molecular weight is 391 g/mol. The van der Waals surface area contributed by atoms with Crippen molar-refractivity contribution in [2.75, 3.05) is 26.2 Å². The third-order valence-corrected chi connectivity index (χ3v) is 4.81. The highest BCUT2D eigenvalue weighted by molar-refractivity contribution is 5.67. The van der Waals surface area contributed by atoms with Crippen LogP contribution in [0.1, 0.15) is 0 Å². The van der Waals surface area contributed by atoms with Gasteiger partial charge in [0.05, 0.1) is 31.7 Å². The van der Waals surface area contributed by atoms with Crippen molar-refractivity contribution in [1.82, 2.24) is 19.2 Å². The van der Waals surface area contributed by atoms with Crippen LogP contribution < -0.4 is 19.9 Å². The Balaban J connectivity index is 1.81. The molecule has 0 atom stereocenters. The third-order valence-electron chi connectivity index (χ3n) is 4.81. The van der Waals surface area contributed by atoms with E-state index in [1.807, 2.05) is 49.3 Å². The van der Waals surface area contributed by atoms with Crippen LogP contribution >= 0.6 is 0 Å². The summed E-state index contributed by atoms with van der Waals surface area (Å²) in [5.41, 5.74) is 3.34. The van der Waals surface area contributed by atoms with Crippen LogP contribution in [0, 0.1) is 0 Å². The standard InChI is InChI=1S/C21H21N5O3/c1-24-12-14(10-23-24)19-11-22-20-6-5-15(13-26(20)21(19)27)25(2)16-7-17(28-3)9-18(8-16)29-4/h5-13H,1-4H3. The lowest BCUT2D eigenvalue weighted by molar-refractivity contribution is 0.394. The molecule has 3 heterocycles. The highest BCUT2D eigenvalue weighted by Gasteiger charge is 2.12. The number of hydrogen-bond donors (Lipinski definition) is 0. The van der Waals surface area contributed by atoms with Crippen molar-refractivity contribution in [2.45, 2.75) is 0 Å². The Hall–Kier alpha value is -3.81. The molecule has 148 valence electrons. The third kappa shape index (κ3) is 3.40. The van der Waals surface area contributed by atoms with Crippen LogP contribution in [0.2, 0.25) is 0 Å². The maximum Gasteiger partial charge on any atom is 0.265 e. The number of methoxy groups -OCH3 is 2. The largest absolute Gasteiger partial charge is 0.497 e. The number of fused-ring (bicyclic) bond motifs is 1. The minimum Gasteiger partial charge on any atom is -0.497 e. The van der Waals surface area contributed by atoms with Crippen molar-refractivity contribution in [2.24, 2.45) is 7.05 Å². The van der Waals surface area contributed by atoms with Crippen molar-refractivity contribution >= 4 is 17.0 Å². The molecule has 29 heavy (non-hydrogen) atoms. The van der Waals surface area contributed by atoms with Crippen molar-refractivity contribution < 1.29 is 9.47 Å². The van der Waals surface area contributed by atoms with E-state index in [1.165, 1.54) is 0 Å². The van der Waals surface area contributed by atoms with Crippen molar-refractivity contribution in [3.05, 3.63) is 65.5 Å². The summed E-state index contributed by atoms with van der Waals surface area (Å²) in [5.74, 6) is 1.37. The molecule has 0 amide bonds. The van der Waals surface area contributed by atoms with E-state index in [-0.39, 0.29) is 5.56 Å². The molecular formula is C21H21N5O3. The van der Waals surface area contributed by atoms with E-state index in [1.54, 1.807) is 48.1 Å². The summed E-state index contributed by atoms with van der Waals surface area (Å²) in [4.78, 5) is 19.5. The lowest BCUT2D eigenvalue weighted by Crippen LogP contribution is -2.18. The maximum absolute atomic E-state index is 13.1. The van der Waals surface area contributed by atoms with Crippen molar-refractivity contribution in [3.8, 4) is 22.6 Å². The van der Waals surface area contributed by atoms with Crippen LogP contribution in [0.5, 0.6) is 11.5 Å². The average Bonchev–Trinajstić information content (AvgIpc) is 3.18. The Morgan fingerprint density at radius 1 is 0.966 bits per heavy atom. The Morgan fingerprint density at radius 2 is 1.69 bits per heavy atom. The smallest absolute Gasteiger partial charge is 0.265 e. The fourth-order valence-corrected chi connectivity index (χ4v) is 3.16. The lowest BCUT2D eigenvalue weighted by atomic mass is 10.2. The normalized spacial score (nSPS) is 10.9. The topological polar surface area (TPSA) is 73.9 Å². The quantitative estimate of drug-likeness (QED) is 0.521. The van der Waals surface area contributed by atoms with Gasteiger partial charge in [-0.15, -0.1) is 0 Å². The van der Waals surface area contributed by atoms with Gasteiger partial charge in [0.2, 0.25) is 0 Å². The molecule has 8 heteroatoms. The first-order chi connectivity index (χ1) is 14.0. The fourth-order valence-electron chi connectivity index (χ4n) is 3.16. The number of hydrogen-bond acceptors (Lipinski definition) is 6. The second-order valence-electron chi connectivity index (χ2n) is 6.63. The van der Waals surface area contributed by atoms with Gasteiger partial charge in [-0.3, -0.25) is 13.9 Å². The van der Waals surface area contributed by atoms with Gasteiger partial charge in [-0.2, -0.15) is 5.10 Å². The number of ether oxygens (including phenoxy) is 2. The molecule has 0 bridgehead atoms. The Labute approximate surface area is 167 Å². The molecule has 0 aliphatic heterocycles. The Kier molecular flexibility index (Phi) is 4.67. The van der Waals surface area contributed by atoms with Crippen molar-refractivity contribution in [1.29, 1.82) is 0 Å². The van der Waals surface area contributed by atoms with Crippen LogP contribution in [0.25, 0.3) is 16.8 Å². The molecule has 4 rings (SSSR count). The summed E-state index contributed by atoms with van der Waals surface area (Å²) in [5, 5.41) is 4.14. The van der Waals surface area contributed by atoms with Gasteiger partial charge in [-0.05, 0) is 12.1 Å². The molecule has 1 aromatic carbocycles. The maximum atomic E-state index is 13.1. The summed E-state index contributed by atoms with van der Waals surface area (Å²) in [6, 6.07) is 9.35. The van der Waals surface area contributed by atoms with Crippen LogP contribution in [0.15, 0.2) is 59.9 Å². The zero-order chi connectivity index (χ0) is 20.5. The zero-order valence-electron chi connectivity index (χ0n) is 16.7. The first kappa shape index (κ1) is 18.5. The van der Waals surface area contributed by atoms with Gasteiger partial charge in [0.25, 0.3) is 5.56 Å². The van der Waals surface area contributed by atoms with E-state index in [2.05, 4.69) is 10.1 Å². The molecule has 3 aromatic heterocycles. The van der Waals surface area contributed by atoms with E-state index in [4.69, 9.17) is 9.47 Å². The molecule has 8 nitrogen and oxygen atoms in total. The number of rotatable bonds is 5. The summed E-state index contributed by atoms with van der Waals surface area (Å²) < 4.78 is 13.9. The molecule has 0 unspecified atom stereocenters. The summed E-state index contributed by atoms with van der Waals surface area (Å²) >= 11 is 0. The minimum atomic E-state index is -0.151. The molecular weight excluding hydrogens is 370 g/mol. The second kappa shape index (κ2) is 7.31. The van der Waals surface area contributed by atoms with Crippen molar-refractivity contribution in [3.63, 3.8) is 0 Å². The van der Waals surface area contributed by atoms with E-state index in [0.29, 0.717) is 22.7 Å². The number of nitrogens with zero attached hydrogens (tertiary/aromatic N) is 5. The van der Waals surface area contributed by atoms with Crippen LogP contribution in [0.4, 0.5) is 11.4 Å². The number of benzene rings is 1. The predicted molar refractivity (Wildman–Crippen MR) is 111 cm³/mol. The lowest BCUT2D eigenvalue weighted by Gasteiger charge is -2.21. The highest BCUT2D eigenvalue weighted by Crippen LogP contribution is 2.31. The van der Waals surface area contributed by atoms with Crippen LogP contribution in [0.3, 0.4) is 0 Å². The molecule has 0 spiro atoms. The van der Waals surface area contributed by atoms with E-state index in [9.17, 15) is 4.79 Å². The van der Waals surface area contributed by atoms with Crippen LogP contribution in [-0.4, -0.2) is 40.4 Å². The monoisotopic (exact) mass is 391 g/mol. The molecule has 0 fully saturated rings. The molecule has 0 N–H and O–H groups in total. The number of aromatic nitrogens is 4. The summed E-state index contributed by atoms with van der Waals surface area (Å²) in [6.45, 7) is 0. The first-order valence-corrected chi connectivity index (χ1v) is 8.97. The van der Waals surface area contributed by atoms with Gasteiger partial charge < -0.3 is 14.4 Å². The van der Waals surface area contributed by atoms with Crippen LogP contribution in [-0.2, 0) is 7.05 Å². The van der Waals surface area contributed by atoms with Gasteiger partial charge in [0, 0.05) is 62.1 Å². The predicted octanol–water partition coefficient (Wildman–Crippen LogP) is 2.88. The van der Waals surface area contributed by atoms with E-state index < -0.39 is 0 Å². The number of aryl methyl sites for hydroxylation is 1. The Bertz CT molecular complexity index is 1220. The van der Waals surface area contributed by atoms with E-state index in [0.717, 1.165) is 16.9 Å².